The molecule has 0 atom stereocenters. The van der Waals surface area contributed by atoms with Crippen LogP contribution in [0, 0.1) is 0 Å². The van der Waals surface area contributed by atoms with Crippen molar-refractivity contribution < 1.29 is 8.83 Å². The summed E-state index contributed by atoms with van der Waals surface area (Å²) in [6, 6.07) is 58.2. The van der Waals surface area contributed by atoms with Gasteiger partial charge in [0.25, 0.3) is 0 Å². The Balaban J connectivity index is 1.08. The number of furan rings is 2. The molecule has 3 aromatic heterocycles. The molecule has 0 aliphatic rings. The molecule has 0 fully saturated rings. The van der Waals surface area contributed by atoms with E-state index in [9.17, 15) is 0 Å². The number of hydrogen-bond donors (Lipinski definition) is 0. The number of anilines is 3. The van der Waals surface area contributed by atoms with Crippen LogP contribution < -0.4 is 4.90 Å². The summed E-state index contributed by atoms with van der Waals surface area (Å²) in [6.45, 7) is 0. The lowest BCUT2D eigenvalue weighted by atomic mass is 10.0. The van der Waals surface area contributed by atoms with Crippen LogP contribution in [0.4, 0.5) is 17.1 Å². The predicted molar refractivity (Wildman–Crippen MR) is 212 cm³/mol. The van der Waals surface area contributed by atoms with Gasteiger partial charge in [-0.25, -0.2) is 0 Å². The number of fused-ring (bicyclic) bond motifs is 12. The van der Waals surface area contributed by atoms with Gasteiger partial charge in [0.1, 0.15) is 22.3 Å². The maximum absolute atomic E-state index is 6.81. The maximum atomic E-state index is 6.81. The summed E-state index contributed by atoms with van der Waals surface area (Å²) in [4.78, 5) is 2.33. The van der Waals surface area contributed by atoms with Gasteiger partial charge in [0.05, 0.1) is 0 Å². The monoisotopic (exact) mass is 657 g/mol. The second kappa shape index (κ2) is 10.6. The molecular weight excluding hydrogens is 631 g/mol. The van der Waals surface area contributed by atoms with Crippen molar-refractivity contribution in [2.75, 3.05) is 4.90 Å². The zero-order valence-corrected chi connectivity index (χ0v) is 27.6. The SMILES string of the molecule is c1ccc(N(c2ccc(-c3cccc4c3oc3ccccc34)cc2)c2ccc3sc4ccc5c6ccc7ccccc7c6oc5c4c3c2)cc1. The number of hydrogen-bond acceptors (Lipinski definition) is 4. The van der Waals surface area contributed by atoms with Crippen LogP contribution in [0.25, 0.3) is 85.9 Å². The van der Waals surface area contributed by atoms with E-state index in [0.717, 1.165) is 77.5 Å². The third-order valence-electron chi connectivity index (χ3n) is 10.1. The number of para-hydroxylation sites is 3. The minimum absolute atomic E-state index is 0.909. The van der Waals surface area contributed by atoms with E-state index in [1.807, 2.05) is 23.5 Å². The standard InChI is InChI=1S/C46H27NO2S/c1-2-10-30(11-3-1)47(31-20-17-29(18-21-31)34-14-8-15-36-35-13-6-7-16-40(35)48-44(34)36)32-22-25-41-39(27-32)43-42(50-41)26-24-38-37-23-19-28-9-4-5-12-33(28)45(37)49-46(38)43/h1-27H. The van der Waals surface area contributed by atoms with Crippen LogP contribution in [0.1, 0.15) is 0 Å². The van der Waals surface area contributed by atoms with Crippen LogP contribution in [0.15, 0.2) is 173 Å². The van der Waals surface area contributed by atoms with Crippen molar-refractivity contribution >= 4 is 103 Å². The summed E-state index contributed by atoms with van der Waals surface area (Å²) in [5.74, 6) is 0. The molecule has 0 bridgehead atoms. The molecular formula is C46H27NO2S. The van der Waals surface area contributed by atoms with Crippen molar-refractivity contribution in [1.29, 1.82) is 0 Å². The summed E-state index contributed by atoms with van der Waals surface area (Å²) in [5.41, 5.74) is 9.20. The summed E-state index contributed by atoms with van der Waals surface area (Å²) in [6.07, 6.45) is 0. The van der Waals surface area contributed by atoms with Gasteiger partial charge in [0, 0.05) is 69.7 Å². The fraction of sp³-hybridized carbons (Fsp3) is 0. The first-order valence-corrected chi connectivity index (χ1v) is 17.7. The molecule has 3 nitrogen and oxygen atoms in total. The Morgan fingerprint density at radius 1 is 0.400 bits per heavy atom. The zero-order chi connectivity index (χ0) is 32.8. The number of thiophene rings is 1. The maximum Gasteiger partial charge on any atom is 0.144 e. The Morgan fingerprint density at radius 2 is 1.08 bits per heavy atom. The van der Waals surface area contributed by atoms with Crippen molar-refractivity contribution in [1.82, 2.24) is 0 Å². The summed E-state index contributed by atoms with van der Waals surface area (Å²) in [7, 11) is 0. The molecule has 11 aromatic rings. The molecule has 234 valence electrons. The first-order chi connectivity index (χ1) is 24.8. The predicted octanol–water partition coefficient (Wildman–Crippen LogP) is 14.1. The highest BCUT2D eigenvalue weighted by atomic mass is 32.1. The second-order valence-electron chi connectivity index (χ2n) is 12.9. The van der Waals surface area contributed by atoms with Gasteiger partial charge in [-0.15, -0.1) is 11.3 Å². The highest BCUT2D eigenvalue weighted by molar-refractivity contribution is 7.26. The summed E-state index contributed by atoms with van der Waals surface area (Å²) >= 11 is 1.82. The van der Waals surface area contributed by atoms with E-state index in [4.69, 9.17) is 8.83 Å². The topological polar surface area (TPSA) is 29.5 Å². The van der Waals surface area contributed by atoms with Gasteiger partial charge in [0.2, 0.25) is 0 Å². The van der Waals surface area contributed by atoms with E-state index in [-0.39, 0.29) is 0 Å². The normalized spacial score (nSPS) is 12.0. The molecule has 0 N–H and O–H groups in total. The molecule has 0 aliphatic heterocycles. The van der Waals surface area contributed by atoms with E-state index in [1.165, 1.54) is 25.6 Å². The third-order valence-corrected chi connectivity index (χ3v) is 11.2. The minimum Gasteiger partial charge on any atom is -0.455 e. The van der Waals surface area contributed by atoms with Gasteiger partial charge in [0.15, 0.2) is 0 Å². The van der Waals surface area contributed by atoms with Gasteiger partial charge >= 0.3 is 0 Å². The third kappa shape index (κ3) is 4.03. The average molecular weight is 658 g/mol. The van der Waals surface area contributed by atoms with Crippen LogP contribution in [0.2, 0.25) is 0 Å². The zero-order valence-electron chi connectivity index (χ0n) is 26.8. The number of benzene rings is 8. The van der Waals surface area contributed by atoms with Crippen molar-refractivity contribution in [3.05, 3.63) is 164 Å². The molecule has 8 aromatic carbocycles. The molecule has 0 aliphatic carbocycles. The quantitative estimate of drug-likeness (QED) is 0.189. The Bertz CT molecular complexity index is 3090. The van der Waals surface area contributed by atoms with Crippen molar-refractivity contribution in [3.8, 4) is 11.1 Å². The first kappa shape index (κ1) is 27.6. The van der Waals surface area contributed by atoms with E-state index in [0.29, 0.717) is 0 Å². The molecule has 0 radical (unpaired) electrons. The lowest BCUT2D eigenvalue weighted by Crippen LogP contribution is -2.09. The fourth-order valence-corrected chi connectivity index (χ4v) is 8.82. The molecule has 0 spiro atoms. The lowest BCUT2D eigenvalue weighted by molar-refractivity contribution is 0.670. The van der Waals surface area contributed by atoms with Crippen LogP contribution in [0.5, 0.6) is 0 Å². The van der Waals surface area contributed by atoms with Crippen molar-refractivity contribution in [2.24, 2.45) is 0 Å². The van der Waals surface area contributed by atoms with Gasteiger partial charge < -0.3 is 13.7 Å². The summed E-state index contributed by atoms with van der Waals surface area (Å²) in [5, 5.41) is 9.28. The summed E-state index contributed by atoms with van der Waals surface area (Å²) < 4.78 is 15.6. The Labute approximate surface area is 290 Å². The molecule has 0 saturated heterocycles. The smallest absolute Gasteiger partial charge is 0.144 e. The largest absolute Gasteiger partial charge is 0.455 e. The highest BCUT2D eigenvalue weighted by Gasteiger charge is 2.19. The van der Waals surface area contributed by atoms with Crippen molar-refractivity contribution in [2.45, 2.75) is 0 Å². The molecule has 0 unspecified atom stereocenters. The van der Waals surface area contributed by atoms with Crippen LogP contribution in [-0.4, -0.2) is 0 Å². The molecule has 0 amide bonds. The molecule has 11 rings (SSSR count). The average Bonchev–Trinajstić information content (AvgIpc) is 3.87. The Morgan fingerprint density at radius 3 is 1.98 bits per heavy atom. The van der Waals surface area contributed by atoms with E-state index in [1.54, 1.807) is 0 Å². The Kier molecular flexibility index (Phi) is 5.83. The van der Waals surface area contributed by atoms with Crippen LogP contribution >= 0.6 is 11.3 Å². The van der Waals surface area contributed by atoms with Gasteiger partial charge in [-0.2, -0.15) is 0 Å². The van der Waals surface area contributed by atoms with Crippen molar-refractivity contribution in [3.63, 3.8) is 0 Å². The molecule has 4 heteroatoms. The fourth-order valence-electron chi connectivity index (χ4n) is 7.74. The van der Waals surface area contributed by atoms with Gasteiger partial charge in [-0.1, -0.05) is 97.1 Å². The molecule has 3 heterocycles. The number of nitrogens with zero attached hydrogens (tertiary/aromatic N) is 1. The highest BCUT2D eigenvalue weighted by Crippen LogP contribution is 2.46. The van der Waals surface area contributed by atoms with E-state index in [2.05, 4.69) is 157 Å². The van der Waals surface area contributed by atoms with Crippen LogP contribution in [0.3, 0.4) is 0 Å². The second-order valence-corrected chi connectivity index (χ2v) is 13.9. The minimum atomic E-state index is 0.909. The molecule has 0 saturated carbocycles. The Hall–Kier alpha value is -6.36. The first-order valence-electron chi connectivity index (χ1n) is 16.8. The van der Waals surface area contributed by atoms with Gasteiger partial charge in [-0.3, -0.25) is 0 Å². The van der Waals surface area contributed by atoms with Crippen LogP contribution in [-0.2, 0) is 0 Å². The van der Waals surface area contributed by atoms with E-state index < -0.39 is 0 Å². The lowest BCUT2D eigenvalue weighted by Gasteiger charge is -2.25. The van der Waals surface area contributed by atoms with E-state index >= 15 is 0 Å². The molecule has 50 heavy (non-hydrogen) atoms. The number of rotatable bonds is 4. The van der Waals surface area contributed by atoms with Gasteiger partial charge in [-0.05, 0) is 77.7 Å².